The summed E-state index contributed by atoms with van der Waals surface area (Å²) in [5, 5.41) is 20.4. The van der Waals surface area contributed by atoms with Crippen molar-refractivity contribution in [3.63, 3.8) is 0 Å². The molecule has 0 fully saturated rings. The van der Waals surface area contributed by atoms with Gasteiger partial charge in [-0.2, -0.15) is 13.2 Å². The number of hydrogen-bond acceptors (Lipinski definition) is 2. The predicted octanol–water partition coefficient (Wildman–Crippen LogP) is 4.87. The average molecular weight is 374 g/mol. The van der Waals surface area contributed by atoms with E-state index in [4.69, 9.17) is 0 Å². The van der Waals surface area contributed by atoms with Crippen molar-refractivity contribution in [2.75, 3.05) is 0 Å². The predicted molar refractivity (Wildman–Crippen MR) is 86.8 cm³/mol. The molecule has 2 rings (SSSR count). The van der Waals surface area contributed by atoms with Crippen LogP contribution in [0.2, 0.25) is 0 Å². The van der Waals surface area contributed by atoms with E-state index in [9.17, 15) is 32.2 Å². The highest BCUT2D eigenvalue weighted by molar-refractivity contribution is 5.38. The third-order valence-corrected chi connectivity index (χ3v) is 4.36. The highest BCUT2D eigenvalue weighted by Gasteiger charge is 2.56. The first-order chi connectivity index (χ1) is 11.8. The van der Waals surface area contributed by atoms with Gasteiger partial charge in [0.2, 0.25) is 0 Å². The highest BCUT2D eigenvalue weighted by Crippen LogP contribution is 2.44. The summed E-state index contributed by atoms with van der Waals surface area (Å²) in [4.78, 5) is 0. The maximum Gasteiger partial charge on any atom is 0.417 e. The molecule has 2 aromatic rings. The van der Waals surface area contributed by atoms with Crippen LogP contribution in [0.15, 0.2) is 42.5 Å². The van der Waals surface area contributed by atoms with Crippen molar-refractivity contribution < 1.29 is 32.2 Å². The lowest BCUT2D eigenvalue weighted by Crippen LogP contribution is -2.50. The van der Waals surface area contributed by atoms with E-state index < -0.39 is 41.7 Å². The van der Waals surface area contributed by atoms with E-state index in [1.165, 1.54) is 26.0 Å². The summed E-state index contributed by atoms with van der Waals surface area (Å²) in [5.41, 5.74) is -4.48. The molecule has 0 spiro atoms. The number of aromatic hydroxyl groups is 1. The van der Waals surface area contributed by atoms with Crippen molar-refractivity contribution in [3.8, 4) is 5.75 Å². The van der Waals surface area contributed by atoms with Crippen LogP contribution in [0, 0.1) is 11.6 Å². The minimum Gasteiger partial charge on any atom is -0.508 e. The standard InChI is InChI=1S/C19H19F5O2/c1-17(2,15-9-14(21)7-8-16(15)25)11-18(26,19(22,23)24)10-12-3-5-13(20)6-4-12/h3-9,25-26H,10-11H2,1-2H3. The van der Waals surface area contributed by atoms with Gasteiger partial charge in [-0.3, -0.25) is 0 Å². The van der Waals surface area contributed by atoms with Gasteiger partial charge in [0.15, 0.2) is 5.60 Å². The van der Waals surface area contributed by atoms with E-state index in [-0.39, 0.29) is 16.9 Å². The number of halogens is 5. The zero-order valence-corrected chi connectivity index (χ0v) is 14.2. The zero-order chi connectivity index (χ0) is 19.8. The Balaban J connectivity index is 2.40. The smallest absolute Gasteiger partial charge is 0.417 e. The number of aliphatic hydroxyl groups is 1. The fourth-order valence-corrected chi connectivity index (χ4v) is 3.08. The van der Waals surface area contributed by atoms with Gasteiger partial charge in [-0.25, -0.2) is 8.78 Å². The van der Waals surface area contributed by atoms with Crippen LogP contribution in [0.5, 0.6) is 5.75 Å². The van der Waals surface area contributed by atoms with Gasteiger partial charge < -0.3 is 10.2 Å². The number of rotatable bonds is 5. The van der Waals surface area contributed by atoms with E-state index in [1.807, 2.05) is 0 Å². The number of phenols is 1. The second kappa shape index (κ2) is 6.87. The van der Waals surface area contributed by atoms with E-state index >= 15 is 0 Å². The Kier molecular flexibility index (Phi) is 5.33. The molecule has 0 aliphatic heterocycles. The number of hydrogen-bond donors (Lipinski definition) is 2. The van der Waals surface area contributed by atoms with E-state index in [0.29, 0.717) is 0 Å². The van der Waals surface area contributed by atoms with Crippen molar-refractivity contribution in [3.05, 3.63) is 65.2 Å². The molecule has 7 heteroatoms. The molecule has 1 atom stereocenters. The Morgan fingerprint density at radius 2 is 1.42 bits per heavy atom. The van der Waals surface area contributed by atoms with Crippen LogP contribution < -0.4 is 0 Å². The molecule has 0 radical (unpaired) electrons. The summed E-state index contributed by atoms with van der Waals surface area (Å²) in [6.07, 6.45) is -6.60. The lowest BCUT2D eigenvalue weighted by Gasteiger charge is -2.38. The van der Waals surface area contributed by atoms with Crippen LogP contribution in [0.25, 0.3) is 0 Å². The van der Waals surface area contributed by atoms with Crippen molar-refractivity contribution >= 4 is 0 Å². The average Bonchev–Trinajstić information content (AvgIpc) is 2.50. The molecule has 1 unspecified atom stereocenters. The normalized spacial score (nSPS) is 14.9. The molecule has 0 aliphatic rings. The van der Waals surface area contributed by atoms with Gasteiger partial charge in [-0.05, 0) is 47.7 Å². The Bertz CT molecular complexity index is 768. The molecular formula is C19H19F5O2. The zero-order valence-electron chi connectivity index (χ0n) is 14.2. The molecule has 0 amide bonds. The first-order valence-corrected chi connectivity index (χ1v) is 7.87. The number of phenolic OH excluding ortho intramolecular Hbond substituents is 1. The van der Waals surface area contributed by atoms with Crippen LogP contribution >= 0.6 is 0 Å². The van der Waals surface area contributed by atoms with Crippen molar-refractivity contribution in [2.24, 2.45) is 0 Å². The van der Waals surface area contributed by atoms with Crippen LogP contribution in [0.3, 0.4) is 0 Å². The molecular weight excluding hydrogens is 355 g/mol. The van der Waals surface area contributed by atoms with Crippen LogP contribution in [0.1, 0.15) is 31.4 Å². The molecule has 2 aromatic carbocycles. The molecule has 0 saturated heterocycles. The lowest BCUT2D eigenvalue weighted by molar-refractivity contribution is -0.266. The molecule has 0 bridgehead atoms. The maximum absolute atomic E-state index is 13.6. The minimum atomic E-state index is -4.98. The van der Waals surface area contributed by atoms with Gasteiger partial charge in [0.25, 0.3) is 0 Å². The van der Waals surface area contributed by atoms with Crippen molar-refractivity contribution in [1.82, 2.24) is 0 Å². The van der Waals surface area contributed by atoms with E-state index in [0.717, 1.165) is 30.3 Å². The Hall–Kier alpha value is -2.15. The largest absolute Gasteiger partial charge is 0.508 e. The Morgan fingerprint density at radius 3 is 1.96 bits per heavy atom. The Morgan fingerprint density at radius 1 is 0.885 bits per heavy atom. The van der Waals surface area contributed by atoms with Gasteiger partial charge in [-0.1, -0.05) is 26.0 Å². The van der Waals surface area contributed by atoms with Gasteiger partial charge in [0.1, 0.15) is 17.4 Å². The number of alkyl halides is 3. The fraction of sp³-hybridized carbons (Fsp3) is 0.368. The third-order valence-electron chi connectivity index (χ3n) is 4.36. The summed E-state index contributed by atoms with van der Waals surface area (Å²) in [7, 11) is 0. The lowest BCUT2D eigenvalue weighted by atomic mass is 9.72. The first-order valence-electron chi connectivity index (χ1n) is 7.87. The molecule has 26 heavy (non-hydrogen) atoms. The van der Waals surface area contributed by atoms with Crippen molar-refractivity contribution in [2.45, 2.75) is 43.9 Å². The van der Waals surface area contributed by atoms with Gasteiger partial charge in [0.05, 0.1) is 0 Å². The summed E-state index contributed by atoms with van der Waals surface area (Å²) in [6.45, 7) is 2.76. The third kappa shape index (κ3) is 4.33. The van der Waals surface area contributed by atoms with E-state index in [1.54, 1.807) is 0 Å². The molecule has 2 nitrogen and oxygen atoms in total. The maximum atomic E-state index is 13.6. The Labute approximate surface area is 147 Å². The first kappa shape index (κ1) is 20.2. The monoisotopic (exact) mass is 374 g/mol. The quantitative estimate of drug-likeness (QED) is 0.733. The van der Waals surface area contributed by atoms with Crippen LogP contribution in [0.4, 0.5) is 22.0 Å². The highest BCUT2D eigenvalue weighted by atomic mass is 19.4. The molecule has 2 N–H and O–H groups in total. The van der Waals surface area contributed by atoms with Crippen LogP contribution in [-0.4, -0.2) is 22.0 Å². The summed E-state index contributed by atoms with van der Waals surface area (Å²) >= 11 is 0. The van der Waals surface area contributed by atoms with E-state index in [2.05, 4.69) is 0 Å². The van der Waals surface area contributed by atoms with Crippen LogP contribution in [-0.2, 0) is 11.8 Å². The minimum absolute atomic E-state index is 0.0423. The molecule has 0 aromatic heterocycles. The molecule has 0 saturated carbocycles. The number of benzene rings is 2. The van der Waals surface area contributed by atoms with Crippen molar-refractivity contribution in [1.29, 1.82) is 0 Å². The summed E-state index contributed by atoms with van der Waals surface area (Å²) in [6, 6.07) is 7.34. The fourth-order valence-electron chi connectivity index (χ4n) is 3.08. The summed E-state index contributed by atoms with van der Waals surface area (Å²) < 4.78 is 67.4. The second-order valence-corrected chi connectivity index (χ2v) is 7.05. The second-order valence-electron chi connectivity index (χ2n) is 7.05. The topological polar surface area (TPSA) is 40.5 Å². The summed E-state index contributed by atoms with van der Waals surface area (Å²) in [5.74, 6) is -1.67. The van der Waals surface area contributed by atoms with Gasteiger partial charge in [0, 0.05) is 12.0 Å². The SMILES string of the molecule is CC(C)(CC(O)(Cc1ccc(F)cc1)C(F)(F)F)c1cc(F)ccc1O. The van der Waals surface area contributed by atoms with Gasteiger partial charge in [-0.15, -0.1) is 0 Å². The van der Waals surface area contributed by atoms with Gasteiger partial charge >= 0.3 is 6.18 Å². The molecule has 0 heterocycles. The molecule has 0 aliphatic carbocycles. The molecule has 142 valence electrons.